The van der Waals surface area contributed by atoms with E-state index >= 15 is 0 Å². The molecule has 1 aromatic rings. The van der Waals surface area contributed by atoms with Crippen LogP contribution >= 0.6 is 11.6 Å². The number of halogens is 1. The van der Waals surface area contributed by atoms with Gasteiger partial charge in [0.1, 0.15) is 0 Å². The van der Waals surface area contributed by atoms with E-state index in [2.05, 4.69) is 6.58 Å². The molecule has 0 heterocycles. The summed E-state index contributed by atoms with van der Waals surface area (Å²) in [4.78, 5) is 11.3. The van der Waals surface area contributed by atoms with Gasteiger partial charge in [0.05, 0.1) is 6.61 Å². The van der Waals surface area contributed by atoms with Crippen molar-refractivity contribution in [2.45, 2.75) is 19.8 Å². The molecule has 0 amide bonds. The van der Waals surface area contributed by atoms with E-state index in [1.165, 1.54) is 0 Å². The third-order valence-corrected chi connectivity index (χ3v) is 2.44. The van der Waals surface area contributed by atoms with Crippen molar-refractivity contribution in [3.63, 3.8) is 0 Å². The third kappa shape index (κ3) is 4.07. The maximum Gasteiger partial charge on any atom is 0.333 e. The Morgan fingerprint density at radius 3 is 2.56 bits per heavy atom. The Morgan fingerprint density at radius 1 is 1.38 bits per heavy atom. The van der Waals surface area contributed by atoms with Crippen molar-refractivity contribution in [3.05, 3.63) is 47.0 Å². The largest absolute Gasteiger partial charge is 0.463 e. The Kier molecular flexibility index (Phi) is 5.06. The topological polar surface area (TPSA) is 26.3 Å². The van der Waals surface area contributed by atoms with Crippen LogP contribution in [0.5, 0.6) is 0 Å². The summed E-state index contributed by atoms with van der Waals surface area (Å²) in [5.74, 6) is -0.309. The lowest BCUT2D eigenvalue weighted by molar-refractivity contribution is -0.138. The van der Waals surface area contributed by atoms with Crippen LogP contribution in [0, 0.1) is 0 Å². The molecule has 0 aliphatic heterocycles. The smallest absolute Gasteiger partial charge is 0.333 e. The van der Waals surface area contributed by atoms with Gasteiger partial charge in [0.25, 0.3) is 0 Å². The Hall–Kier alpha value is -1.28. The maximum atomic E-state index is 11.3. The number of carbonyl (C=O) groups is 1. The van der Waals surface area contributed by atoms with Crippen LogP contribution < -0.4 is 0 Å². The van der Waals surface area contributed by atoms with E-state index in [1.807, 2.05) is 24.3 Å². The predicted molar refractivity (Wildman–Crippen MR) is 65.5 cm³/mol. The van der Waals surface area contributed by atoms with E-state index in [1.54, 1.807) is 6.92 Å². The molecule has 0 unspecified atom stereocenters. The SMILES string of the molecule is C=C(CCc1ccc(Cl)cc1)C(=O)OCC. The number of esters is 1. The molecule has 1 aromatic carbocycles. The van der Waals surface area contributed by atoms with Gasteiger partial charge in [-0.15, -0.1) is 0 Å². The molecule has 0 N–H and O–H groups in total. The van der Waals surface area contributed by atoms with Gasteiger partial charge in [-0.1, -0.05) is 30.3 Å². The molecule has 0 saturated carbocycles. The molecule has 0 bridgehead atoms. The molecular weight excluding hydrogens is 224 g/mol. The quantitative estimate of drug-likeness (QED) is 0.581. The second kappa shape index (κ2) is 6.33. The highest BCUT2D eigenvalue weighted by Crippen LogP contribution is 2.13. The van der Waals surface area contributed by atoms with Crippen LogP contribution in [0.25, 0.3) is 0 Å². The van der Waals surface area contributed by atoms with Crippen LogP contribution in [0.15, 0.2) is 36.4 Å². The van der Waals surface area contributed by atoms with Crippen LogP contribution in [0.3, 0.4) is 0 Å². The number of aryl methyl sites for hydroxylation is 1. The van der Waals surface area contributed by atoms with E-state index in [0.29, 0.717) is 23.6 Å². The van der Waals surface area contributed by atoms with Crippen molar-refractivity contribution < 1.29 is 9.53 Å². The average molecular weight is 239 g/mol. The maximum absolute atomic E-state index is 11.3. The lowest BCUT2D eigenvalue weighted by Crippen LogP contribution is -2.07. The van der Waals surface area contributed by atoms with E-state index in [-0.39, 0.29) is 5.97 Å². The molecule has 0 saturated heterocycles. The van der Waals surface area contributed by atoms with Gasteiger partial charge in [0.15, 0.2) is 0 Å². The monoisotopic (exact) mass is 238 g/mol. The minimum atomic E-state index is -0.309. The number of hydrogen-bond donors (Lipinski definition) is 0. The summed E-state index contributed by atoms with van der Waals surface area (Å²) in [6.45, 7) is 5.88. The van der Waals surface area contributed by atoms with Gasteiger partial charge in [0, 0.05) is 10.6 Å². The number of rotatable bonds is 5. The van der Waals surface area contributed by atoms with Crippen LogP contribution in [0.2, 0.25) is 5.02 Å². The van der Waals surface area contributed by atoms with E-state index in [0.717, 1.165) is 12.0 Å². The summed E-state index contributed by atoms with van der Waals surface area (Å²) in [5.41, 5.74) is 1.65. The standard InChI is InChI=1S/C13H15ClO2/c1-3-16-13(15)10(2)4-5-11-6-8-12(14)9-7-11/h6-9H,2-5H2,1H3. The molecule has 86 valence electrons. The molecule has 0 aromatic heterocycles. The molecule has 2 nitrogen and oxygen atoms in total. The van der Waals surface area contributed by atoms with Crippen LogP contribution in [0.4, 0.5) is 0 Å². The summed E-state index contributed by atoms with van der Waals surface area (Å²) in [6, 6.07) is 7.57. The first-order valence-corrected chi connectivity index (χ1v) is 5.60. The van der Waals surface area contributed by atoms with E-state index in [4.69, 9.17) is 16.3 Å². The van der Waals surface area contributed by atoms with Gasteiger partial charge in [0.2, 0.25) is 0 Å². The fourth-order valence-electron chi connectivity index (χ4n) is 1.28. The van der Waals surface area contributed by atoms with Crippen LogP contribution in [-0.2, 0) is 16.0 Å². The fourth-order valence-corrected chi connectivity index (χ4v) is 1.41. The molecule has 0 spiro atoms. The number of ether oxygens (including phenoxy) is 1. The molecule has 16 heavy (non-hydrogen) atoms. The van der Waals surface area contributed by atoms with Crippen LogP contribution in [0.1, 0.15) is 18.9 Å². The van der Waals surface area contributed by atoms with E-state index < -0.39 is 0 Å². The van der Waals surface area contributed by atoms with Gasteiger partial charge in [-0.25, -0.2) is 4.79 Å². The Labute approximate surface area is 101 Å². The van der Waals surface area contributed by atoms with Gasteiger partial charge in [-0.3, -0.25) is 0 Å². The second-order valence-corrected chi connectivity index (χ2v) is 3.89. The minimum absolute atomic E-state index is 0.309. The molecule has 0 aliphatic carbocycles. The predicted octanol–water partition coefficient (Wildman–Crippen LogP) is 3.39. The highest BCUT2D eigenvalue weighted by molar-refractivity contribution is 6.30. The number of hydrogen-bond acceptors (Lipinski definition) is 2. The summed E-state index contributed by atoms with van der Waals surface area (Å²) in [5, 5.41) is 0.716. The fraction of sp³-hybridized carbons (Fsp3) is 0.308. The molecule has 0 fully saturated rings. The van der Waals surface area contributed by atoms with E-state index in [9.17, 15) is 4.79 Å². The highest BCUT2D eigenvalue weighted by Gasteiger charge is 2.07. The Morgan fingerprint density at radius 2 is 2.00 bits per heavy atom. The van der Waals surface area contributed by atoms with Crippen molar-refractivity contribution in [1.29, 1.82) is 0 Å². The average Bonchev–Trinajstić information content (AvgIpc) is 2.28. The molecule has 0 aliphatic rings. The summed E-state index contributed by atoms with van der Waals surface area (Å²) < 4.78 is 4.85. The van der Waals surface area contributed by atoms with Crippen molar-refractivity contribution in [3.8, 4) is 0 Å². The zero-order valence-corrected chi connectivity index (χ0v) is 10.1. The first-order valence-electron chi connectivity index (χ1n) is 5.23. The van der Waals surface area contributed by atoms with Gasteiger partial charge in [-0.2, -0.15) is 0 Å². The van der Waals surface area contributed by atoms with Crippen molar-refractivity contribution in [1.82, 2.24) is 0 Å². The van der Waals surface area contributed by atoms with Gasteiger partial charge < -0.3 is 4.74 Å². The zero-order chi connectivity index (χ0) is 12.0. The third-order valence-electron chi connectivity index (χ3n) is 2.19. The lowest BCUT2D eigenvalue weighted by atomic mass is 10.1. The Balaban J connectivity index is 2.42. The van der Waals surface area contributed by atoms with Gasteiger partial charge in [-0.05, 0) is 37.5 Å². The summed E-state index contributed by atoms with van der Waals surface area (Å²) in [6.07, 6.45) is 1.38. The first kappa shape index (κ1) is 12.8. The van der Waals surface area contributed by atoms with Crippen molar-refractivity contribution >= 4 is 17.6 Å². The summed E-state index contributed by atoms with van der Waals surface area (Å²) >= 11 is 5.77. The second-order valence-electron chi connectivity index (χ2n) is 3.45. The Bertz CT molecular complexity index is 368. The highest BCUT2D eigenvalue weighted by atomic mass is 35.5. The number of carbonyl (C=O) groups excluding carboxylic acids is 1. The number of benzene rings is 1. The molecular formula is C13H15ClO2. The molecule has 0 radical (unpaired) electrons. The molecule has 0 atom stereocenters. The summed E-state index contributed by atoms with van der Waals surface area (Å²) in [7, 11) is 0. The minimum Gasteiger partial charge on any atom is -0.463 e. The van der Waals surface area contributed by atoms with Crippen molar-refractivity contribution in [2.75, 3.05) is 6.61 Å². The first-order chi connectivity index (χ1) is 7.63. The molecule has 1 rings (SSSR count). The van der Waals surface area contributed by atoms with Crippen LogP contribution in [-0.4, -0.2) is 12.6 Å². The lowest BCUT2D eigenvalue weighted by Gasteiger charge is -2.05. The zero-order valence-electron chi connectivity index (χ0n) is 9.33. The van der Waals surface area contributed by atoms with Crippen molar-refractivity contribution in [2.24, 2.45) is 0 Å². The molecule has 3 heteroatoms. The van der Waals surface area contributed by atoms with Gasteiger partial charge >= 0.3 is 5.97 Å². The normalized spacial score (nSPS) is 9.88.